The van der Waals surface area contributed by atoms with Crippen molar-refractivity contribution in [3.63, 3.8) is 0 Å². The van der Waals surface area contributed by atoms with Crippen molar-refractivity contribution in [3.8, 4) is 24.3 Å². The third kappa shape index (κ3) is 2.16. The van der Waals surface area contributed by atoms with Crippen LogP contribution in [0.1, 0.15) is 11.1 Å². The minimum atomic E-state index is -1.12. The predicted octanol–water partition coefficient (Wildman–Crippen LogP) is 3.79. The Labute approximate surface area is 138 Å². The van der Waals surface area contributed by atoms with Crippen molar-refractivity contribution >= 4 is 43.0 Å². The molecule has 0 heterocycles. The molecule has 98 valence electrons. The fourth-order valence-electron chi connectivity index (χ4n) is 2.24. The molecule has 0 aromatic heterocycles. The van der Waals surface area contributed by atoms with Gasteiger partial charge in [0.1, 0.15) is 38.7 Å². The highest BCUT2D eigenvalue weighted by Gasteiger charge is 2.46. The molecule has 0 saturated carbocycles. The van der Waals surface area contributed by atoms with Crippen LogP contribution in [0.25, 0.3) is 11.1 Å². The molecule has 2 rings (SSSR count). The van der Waals surface area contributed by atoms with E-state index in [0.717, 1.165) is 0 Å². The summed E-state index contributed by atoms with van der Waals surface area (Å²) in [7, 11) is 0. The van der Waals surface area contributed by atoms with Crippen molar-refractivity contribution in [2.24, 2.45) is 0 Å². The van der Waals surface area contributed by atoms with Gasteiger partial charge < -0.3 is 0 Å². The zero-order valence-electron chi connectivity index (χ0n) is 10.4. The summed E-state index contributed by atoms with van der Waals surface area (Å²) in [6.45, 7) is 0. The Bertz CT molecular complexity index is 762. The Balaban J connectivity index is 3.03. The lowest BCUT2D eigenvalue weighted by atomic mass is 10.0. The number of fused-ring (bicyclic) bond motifs is 1. The van der Waals surface area contributed by atoms with Crippen LogP contribution in [-0.4, -0.2) is 3.23 Å². The summed E-state index contributed by atoms with van der Waals surface area (Å²) in [5, 5.41) is 36.7. The van der Waals surface area contributed by atoms with E-state index in [1.165, 1.54) is 0 Å². The lowest BCUT2D eigenvalue weighted by Gasteiger charge is -2.18. The molecule has 6 heteroatoms. The van der Waals surface area contributed by atoms with Crippen LogP contribution in [0.4, 0.5) is 0 Å². The van der Waals surface area contributed by atoms with E-state index in [-0.39, 0.29) is 11.1 Å². The smallest absolute Gasteiger partial charge is 0.136 e. The van der Waals surface area contributed by atoms with Crippen molar-refractivity contribution in [1.29, 1.82) is 21.0 Å². The molecule has 1 aromatic carbocycles. The summed E-state index contributed by atoms with van der Waals surface area (Å²) in [5.74, 6) is 0. The molecule has 0 radical (unpaired) electrons. The number of hydrogen-bond acceptors (Lipinski definition) is 4. The summed E-state index contributed by atoms with van der Waals surface area (Å²) in [6.07, 6.45) is 0. The number of hydrogen-bond donors (Lipinski definition) is 0. The summed E-state index contributed by atoms with van der Waals surface area (Å²) in [5.41, 5.74) is 1.93. The Kier molecular flexibility index (Phi) is 3.97. The van der Waals surface area contributed by atoms with Crippen LogP contribution in [0, 0.1) is 45.3 Å². The summed E-state index contributed by atoms with van der Waals surface area (Å²) >= 11 is 6.83. The molecule has 1 aliphatic rings. The summed E-state index contributed by atoms with van der Waals surface area (Å²) in [6, 6.07) is 14.4. The summed E-state index contributed by atoms with van der Waals surface area (Å²) < 4.78 is -1.12. The van der Waals surface area contributed by atoms with Gasteiger partial charge in [-0.2, -0.15) is 21.0 Å². The highest BCUT2D eigenvalue weighted by molar-refractivity contribution is 9.26. The lowest BCUT2D eigenvalue weighted by Crippen LogP contribution is -2.12. The van der Waals surface area contributed by atoms with Crippen molar-refractivity contribution in [2.75, 3.05) is 0 Å². The quantitative estimate of drug-likeness (QED) is 0.489. The highest BCUT2D eigenvalue weighted by atomic mass is 79.9. The number of alkyl halides is 2. The third-order valence-electron chi connectivity index (χ3n) is 3.04. The van der Waals surface area contributed by atoms with Crippen molar-refractivity contribution in [1.82, 2.24) is 0 Å². The fraction of sp³-hybridized carbons (Fsp3) is 0.0667. The third-order valence-corrected chi connectivity index (χ3v) is 4.63. The number of halogens is 2. The van der Waals surface area contributed by atoms with Gasteiger partial charge in [0.2, 0.25) is 0 Å². The molecule has 0 amide bonds. The summed E-state index contributed by atoms with van der Waals surface area (Å²) in [4.78, 5) is 0. The molecule has 0 atom stereocenters. The molecule has 0 unspecified atom stereocenters. The molecule has 1 aliphatic carbocycles. The van der Waals surface area contributed by atoms with E-state index in [0.29, 0.717) is 22.3 Å². The minimum absolute atomic E-state index is 0.0820. The van der Waals surface area contributed by atoms with Crippen LogP contribution in [0.3, 0.4) is 0 Å². The zero-order chi connectivity index (χ0) is 15.6. The molecule has 0 fully saturated rings. The molecular formula is C15H4Br2N4. The van der Waals surface area contributed by atoms with Gasteiger partial charge in [-0.05, 0) is 11.1 Å². The van der Waals surface area contributed by atoms with Gasteiger partial charge >= 0.3 is 0 Å². The molecule has 21 heavy (non-hydrogen) atoms. The molecule has 0 aliphatic heterocycles. The number of nitrogens with zero attached hydrogens (tertiary/aromatic N) is 4. The van der Waals surface area contributed by atoms with Gasteiger partial charge in [-0.1, -0.05) is 56.1 Å². The van der Waals surface area contributed by atoms with Gasteiger partial charge in [-0.15, -0.1) is 0 Å². The Morgan fingerprint density at radius 1 is 0.762 bits per heavy atom. The van der Waals surface area contributed by atoms with E-state index in [1.807, 2.05) is 24.3 Å². The second-order valence-corrected chi connectivity index (χ2v) is 7.51. The van der Waals surface area contributed by atoms with Crippen molar-refractivity contribution in [2.45, 2.75) is 3.23 Å². The molecule has 0 bridgehead atoms. The van der Waals surface area contributed by atoms with Gasteiger partial charge in [0.15, 0.2) is 0 Å². The maximum absolute atomic E-state index is 9.17. The molecule has 0 N–H and O–H groups in total. The lowest BCUT2D eigenvalue weighted by molar-refractivity contribution is 1.40. The first-order valence-corrected chi connectivity index (χ1v) is 7.19. The van der Waals surface area contributed by atoms with Crippen LogP contribution in [0.2, 0.25) is 0 Å². The van der Waals surface area contributed by atoms with Gasteiger partial charge in [-0.3, -0.25) is 0 Å². The van der Waals surface area contributed by atoms with Gasteiger partial charge in [0, 0.05) is 11.1 Å². The Morgan fingerprint density at radius 3 is 1.38 bits per heavy atom. The Morgan fingerprint density at radius 2 is 1.10 bits per heavy atom. The van der Waals surface area contributed by atoms with Crippen LogP contribution in [-0.2, 0) is 0 Å². The zero-order valence-corrected chi connectivity index (χ0v) is 13.5. The predicted molar refractivity (Wildman–Crippen MR) is 83.3 cm³/mol. The number of allylic oxidation sites excluding steroid dienone is 4. The number of nitriles is 4. The van der Waals surface area contributed by atoms with Crippen molar-refractivity contribution < 1.29 is 0 Å². The van der Waals surface area contributed by atoms with Gasteiger partial charge in [0.25, 0.3) is 0 Å². The normalized spacial score (nSPS) is 14.2. The van der Waals surface area contributed by atoms with Gasteiger partial charge in [-0.25, -0.2) is 0 Å². The number of rotatable bonds is 0. The minimum Gasteiger partial charge on any atom is -0.192 e. The molecule has 4 nitrogen and oxygen atoms in total. The van der Waals surface area contributed by atoms with Crippen LogP contribution >= 0.6 is 31.9 Å². The van der Waals surface area contributed by atoms with Gasteiger partial charge in [0.05, 0.1) is 0 Å². The topological polar surface area (TPSA) is 95.2 Å². The average Bonchev–Trinajstić information content (AvgIpc) is 2.71. The van der Waals surface area contributed by atoms with E-state index in [1.54, 1.807) is 24.3 Å². The average molecular weight is 400 g/mol. The first-order valence-electron chi connectivity index (χ1n) is 5.60. The second-order valence-electron chi connectivity index (χ2n) is 4.07. The molecular weight excluding hydrogens is 396 g/mol. The first kappa shape index (κ1) is 15.0. The molecule has 1 aromatic rings. The van der Waals surface area contributed by atoms with E-state index >= 15 is 0 Å². The van der Waals surface area contributed by atoms with E-state index in [9.17, 15) is 0 Å². The maximum atomic E-state index is 9.17. The van der Waals surface area contributed by atoms with E-state index in [2.05, 4.69) is 31.9 Å². The fourth-order valence-corrected chi connectivity index (χ4v) is 3.89. The molecule has 0 saturated heterocycles. The SMILES string of the molecule is N#CC(C#N)=C1c2ccccc2C(=C(C#N)C#N)C1(Br)Br. The monoisotopic (exact) mass is 398 g/mol. The van der Waals surface area contributed by atoms with Crippen LogP contribution in [0.5, 0.6) is 0 Å². The highest BCUT2D eigenvalue weighted by Crippen LogP contribution is 2.59. The standard InChI is InChI=1S/C15H4Br2N4/c16-15(17)13(9(5-18)6-19)11-3-1-2-4-12(11)14(15)10(7-20)8-21/h1-4H. The van der Waals surface area contributed by atoms with E-state index < -0.39 is 3.23 Å². The number of benzene rings is 1. The largest absolute Gasteiger partial charge is 0.192 e. The first-order chi connectivity index (χ1) is 10.0. The maximum Gasteiger partial charge on any atom is 0.136 e. The second kappa shape index (κ2) is 5.55. The van der Waals surface area contributed by atoms with Crippen LogP contribution in [0.15, 0.2) is 35.4 Å². The molecule has 0 spiro atoms. The Hall–Kier alpha value is -2.38. The van der Waals surface area contributed by atoms with Crippen LogP contribution < -0.4 is 0 Å². The van der Waals surface area contributed by atoms with Crippen molar-refractivity contribution in [3.05, 3.63) is 46.5 Å². The van der Waals surface area contributed by atoms with E-state index in [4.69, 9.17) is 21.0 Å².